The molecule has 2 atom stereocenters. The molecule has 2 heterocycles. The van der Waals surface area contributed by atoms with Gasteiger partial charge in [0.1, 0.15) is 0 Å². The molecule has 1 saturated carbocycles. The maximum Gasteiger partial charge on any atom is 0.0951 e. The van der Waals surface area contributed by atoms with Gasteiger partial charge in [0, 0.05) is 31.4 Å². The van der Waals surface area contributed by atoms with Crippen LogP contribution in [0.15, 0.2) is 12.5 Å². The van der Waals surface area contributed by atoms with Crippen molar-refractivity contribution in [3.8, 4) is 0 Å². The van der Waals surface area contributed by atoms with Crippen molar-refractivity contribution in [2.45, 2.75) is 50.9 Å². The number of ether oxygens (including phenoxy) is 1. The van der Waals surface area contributed by atoms with Crippen molar-refractivity contribution in [1.82, 2.24) is 14.9 Å². The van der Waals surface area contributed by atoms with Crippen LogP contribution in [-0.2, 0) is 11.3 Å². The summed E-state index contributed by atoms with van der Waals surface area (Å²) in [5, 5.41) is 3.57. The summed E-state index contributed by atoms with van der Waals surface area (Å²) in [6, 6.07) is 1.22. The molecule has 1 aliphatic carbocycles. The molecule has 1 saturated heterocycles. The summed E-state index contributed by atoms with van der Waals surface area (Å²) in [4.78, 5) is 4.24. The molecule has 0 spiro atoms. The van der Waals surface area contributed by atoms with Crippen LogP contribution in [0.2, 0.25) is 0 Å². The van der Waals surface area contributed by atoms with E-state index in [0.29, 0.717) is 12.1 Å². The average molecular weight is 221 g/mol. The van der Waals surface area contributed by atoms with Crippen LogP contribution in [0.4, 0.5) is 0 Å². The van der Waals surface area contributed by atoms with Gasteiger partial charge in [0.2, 0.25) is 0 Å². The third kappa shape index (κ3) is 1.99. The molecule has 0 bridgehead atoms. The maximum atomic E-state index is 5.54. The molecule has 0 aromatic carbocycles. The van der Waals surface area contributed by atoms with E-state index in [-0.39, 0.29) is 0 Å². The predicted octanol–water partition coefficient (Wildman–Crippen LogP) is 1.49. The summed E-state index contributed by atoms with van der Waals surface area (Å²) in [7, 11) is 0. The van der Waals surface area contributed by atoms with Crippen LogP contribution >= 0.6 is 0 Å². The van der Waals surface area contributed by atoms with E-state index in [4.69, 9.17) is 4.74 Å². The van der Waals surface area contributed by atoms with E-state index in [2.05, 4.69) is 21.8 Å². The second-order valence-corrected chi connectivity index (χ2v) is 4.88. The van der Waals surface area contributed by atoms with Crippen LogP contribution in [0.3, 0.4) is 0 Å². The fourth-order valence-corrected chi connectivity index (χ4v) is 2.39. The monoisotopic (exact) mass is 221 g/mol. The number of nitrogens with zero attached hydrogens (tertiary/aromatic N) is 2. The number of aromatic nitrogens is 2. The number of hydrogen-bond donors (Lipinski definition) is 1. The summed E-state index contributed by atoms with van der Waals surface area (Å²) >= 11 is 0. The van der Waals surface area contributed by atoms with Crippen molar-refractivity contribution < 1.29 is 4.74 Å². The largest absolute Gasteiger partial charge is 0.377 e. The van der Waals surface area contributed by atoms with E-state index in [1.807, 2.05) is 12.5 Å². The molecule has 4 heteroatoms. The van der Waals surface area contributed by atoms with Crippen molar-refractivity contribution in [2.75, 3.05) is 6.61 Å². The second kappa shape index (κ2) is 4.18. The number of imidazole rings is 1. The molecule has 16 heavy (non-hydrogen) atoms. The highest BCUT2D eigenvalue weighted by atomic mass is 16.5. The summed E-state index contributed by atoms with van der Waals surface area (Å²) in [6.07, 6.45) is 8.03. The minimum Gasteiger partial charge on any atom is -0.377 e. The lowest BCUT2D eigenvalue weighted by molar-refractivity contribution is 0.113. The van der Waals surface area contributed by atoms with Gasteiger partial charge in [-0.3, -0.25) is 0 Å². The zero-order valence-electron chi connectivity index (χ0n) is 9.72. The van der Waals surface area contributed by atoms with Crippen LogP contribution < -0.4 is 5.32 Å². The number of nitrogens with one attached hydrogen (secondary N) is 1. The summed E-state index contributed by atoms with van der Waals surface area (Å²) < 4.78 is 7.85. The first kappa shape index (κ1) is 10.3. The third-order valence-electron chi connectivity index (χ3n) is 3.61. The van der Waals surface area contributed by atoms with Gasteiger partial charge in [-0.05, 0) is 26.2 Å². The van der Waals surface area contributed by atoms with Crippen molar-refractivity contribution in [3.63, 3.8) is 0 Å². The van der Waals surface area contributed by atoms with Gasteiger partial charge in [0.15, 0.2) is 0 Å². The second-order valence-electron chi connectivity index (χ2n) is 4.88. The molecule has 2 fully saturated rings. The number of hydrogen-bond acceptors (Lipinski definition) is 3. The molecule has 4 nitrogen and oxygen atoms in total. The molecular formula is C12H19N3O. The first-order chi connectivity index (χ1) is 7.84. The van der Waals surface area contributed by atoms with E-state index in [1.165, 1.54) is 18.5 Å². The molecule has 1 aromatic heterocycles. The Labute approximate surface area is 96.0 Å². The molecule has 2 unspecified atom stereocenters. The topological polar surface area (TPSA) is 39.1 Å². The molecule has 1 aliphatic heterocycles. The first-order valence-corrected chi connectivity index (χ1v) is 6.20. The van der Waals surface area contributed by atoms with Crippen LogP contribution in [0.1, 0.15) is 37.9 Å². The SMILES string of the molecule is CC1OCCC1NCc1cncn1C1CC1. The summed E-state index contributed by atoms with van der Waals surface area (Å²) in [5.74, 6) is 0. The first-order valence-electron chi connectivity index (χ1n) is 6.20. The average Bonchev–Trinajstić information content (AvgIpc) is 2.88. The van der Waals surface area contributed by atoms with Crippen LogP contribution in [0.25, 0.3) is 0 Å². The lowest BCUT2D eigenvalue weighted by Gasteiger charge is -2.16. The zero-order chi connectivity index (χ0) is 11.0. The molecule has 2 aliphatic rings. The molecule has 1 aromatic rings. The molecular weight excluding hydrogens is 202 g/mol. The minimum absolute atomic E-state index is 0.345. The Morgan fingerprint density at radius 2 is 2.38 bits per heavy atom. The van der Waals surface area contributed by atoms with Gasteiger partial charge < -0.3 is 14.6 Å². The highest BCUT2D eigenvalue weighted by Gasteiger charge is 2.27. The molecule has 1 N–H and O–H groups in total. The zero-order valence-corrected chi connectivity index (χ0v) is 9.72. The smallest absolute Gasteiger partial charge is 0.0951 e. The summed E-state index contributed by atoms with van der Waals surface area (Å²) in [6.45, 7) is 3.94. The van der Waals surface area contributed by atoms with Gasteiger partial charge in [-0.2, -0.15) is 0 Å². The van der Waals surface area contributed by atoms with Crippen LogP contribution in [0.5, 0.6) is 0 Å². The van der Waals surface area contributed by atoms with Crippen LogP contribution in [0, 0.1) is 0 Å². The van der Waals surface area contributed by atoms with Gasteiger partial charge in [-0.25, -0.2) is 4.98 Å². The van der Waals surface area contributed by atoms with Crippen molar-refractivity contribution in [3.05, 3.63) is 18.2 Å². The lowest BCUT2D eigenvalue weighted by Crippen LogP contribution is -2.34. The van der Waals surface area contributed by atoms with Crippen molar-refractivity contribution in [2.24, 2.45) is 0 Å². The Bertz CT molecular complexity index is 359. The van der Waals surface area contributed by atoms with Gasteiger partial charge in [0.25, 0.3) is 0 Å². The Morgan fingerprint density at radius 3 is 3.06 bits per heavy atom. The summed E-state index contributed by atoms with van der Waals surface area (Å²) in [5.41, 5.74) is 1.31. The molecule has 0 radical (unpaired) electrons. The van der Waals surface area contributed by atoms with Gasteiger partial charge >= 0.3 is 0 Å². The third-order valence-corrected chi connectivity index (χ3v) is 3.61. The lowest BCUT2D eigenvalue weighted by atomic mass is 10.1. The van der Waals surface area contributed by atoms with E-state index in [1.54, 1.807) is 0 Å². The molecule has 0 amide bonds. The van der Waals surface area contributed by atoms with E-state index in [9.17, 15) is 0 Å². The van der Waals surface area contributed by atoms with Crippen molar-refractivity contribution in [1.29, 1.82) is 0 Å². The Morgan fingerprint density at radius 1 is 1.50 bits per heavy atom. The Balaban J connectivity index is 1.59. The maximum absolute atomic E-state index is 5.54. The van der Waals surface area contributed by atoms with Gasteiger partial charge in [-0.15, -0.1) is 0 Å². The van der Waals surface area contributed by atoms with E-state index >= 15 is 0 Å². The number of rotatable bonds is 4. The van der Waals surface area contributed by atoms with E-state index in [0.717, 1.165) is 25.6 Å². The van der Waals surface area contributed by atoms with E-state index < -0.39 is 0 Å². The van der Waals surface area contributed by atoms with Gasteiger partial charge in [0.05, 0.1) is 18.1 Å². The normalized spacial score (nSPS) is 29.8. The highest BCUT2D eigenvalue weighted by Crippen LogP contribution is 2.35. The molecule has 88 valence electrons. The standard InChI is InChI=1S/C12H19N3O/c1-9-12(4-5-16-9)14-7-11-6-13-8-15(11)10-2-3-10/h6,8-10,12,14H,2-5,7H2,1H3. The Kier molecular flexibility index (Phi) is 2.69. The fraction of sp³-hybridized carbons (Fsp3) is 0.750. The van der Waals surface area contributed by atoms with Crippen molar-refractivity contribution >= 4 is 0 Å². The van der Waals surface area contributed by atoms with Crippen LogP contribution in [-0.4, -0.2) is 28.3 Å². The Hall–Kier alpha value is -0.870. The quantitative estimate of drug-likeness (QED) is 0.837. The predicted molar refractivity (Wildman–Crippen MR) is 61.2 cm³/mol. The fourth-order valence-electron chi connectivity index (χ4n) is 2.39. The molecule has 3 rings (SSSR count). The minimum atomic E-state index is 0.345. The van der Waals surface area contributed by atoms with Gasteiger partial charge in [-0.1, -0.05) is 0 Å². The highest BCUT2D eigenvalue weighted by molar-refractivity contribution is 5.03.